The summed E-state index contributed by atoms with van der Waals surface area (Å²) in [6.45, 7) is 5.33. The minimum Gasteiger partial charge on any atom is -0.497 e. The van der Waals surface area contributed by atoms with Gasteiger partial charge in [0.05, 0.1) is 7.11 Å². The molecule has 1 saturated heterocycles. The van der Waals surface area contributed by atoms with E-state index < -0.39 is 6.04 Å². The molecule has 1 saturated carbocycles. The Kier molecular flexibility index (Phi) is 7.34. The number of ether oxygens (including phenoxy) is 1. The minimum absolute atomic E-state index is 0.00838. The quantitative estimate of drug-likeness (QED) is 0.682. The molecule has 0 aromatic heterocycles. The van der Waals surface area contributed by atoms with Gasteiger partial charge in [0.1, 0.15) is 11.8 Å². The van der Waals surface area contributed by atoms with Crippen LogP contribution in [0.15, 0.2) is 24.3 Å². The Labute approximate surface area is 178 Å². The molecule has 1 heterocycles. The van der Waals surface area contributed by atoms with Crippen LogP contribution in [0.5, 0.6) is 5.75 Å². The topological polar surface area (TPSA) is 87.7 Å². The number of carbonyl (C=O) groups is 3. The highest BCUT2D eigenvalue weighted by atomic mass is 16.5. The van der Waals surface area contributed by atoms with Gasteiger partial charge < -0.3 is 20.3 Å². The van der Waals surface area contributed by atoms with Crippen LogP contribution in [-0.4, -0.2) is 54.9 Å². The smallest absolute Gasteiger partial charge is 0.251 e. The first kappa shape index (κ1) is 22.1. The predicted octanol–water partition coefficient (Wildman–Crippen LogP) is 2.36. The van der Waals surface area contributed by atoms with Gasteiger partial charge in [-0.1, -0.05) is 13.8 Å². The molecule has 1 unspecified atom stereocenters. The zero-order chi connectivity index (χ0) is 21.7. The summed E-state index contributed by atoms with van der Waals surface area (Å²) in [5.74, 6) is 0.793. The van der Waals surface area contributed by atoms with E-state index in [-0.39, 0.29) is 29.7 Å². The second-order valence-corrected chi connectivity index (χ2v) is 8.78. The molecule has 0 radical (unpaired) electrons. The third-order valence-corrected chi connectivity index (χ3v) is 5.79. The molecule has 2 aliphatic rings. The summed E-state index contributed by atoms with van der Waals surface area (Å²) in [4.78, 5) is 39.9. The van der Waals surface area contributed by atoms with Gasteiger partial charge >= 0.3 is 0 Å². The second kappa shape index (κ2) is 9.96. The van der Waals surface area contributed by atoms with Gasteiger partial charge in [0.25, 0.3) is 5.91 Å². The summed E-state index contributed by atoms with van der Waals surface area (Å²) in [6.07, 6.45) is 3.94. The maximum atomic E-state index is 12.9. The molecule has 0 bridgehead atoms. The summed E-state index contributed by atoms with van der Waals surface area (Å²) in [5, 5.41) is 5.99. The lowest BCUT2D eigenvalue weighted by atomic mass is 9.88. The maximum absolute atomic E-state index is 12.9. The van der Waals surface area contributed by atoms with Crippen molar-refractivity contribution < 1.29 is 19.1 Å². The van der Waals surface area contributed by atoms with E-state index in [2.05, 4.69) is 10.6 Å². The minimum atomic E-state index is -0.595. The van der Waals surface area contributed by atoms with Crippen molar-refractivity contribution >= 4 is 17.7 Å². The molecule has 1 aromatic rings. The van der Waals surface area contributed by atoms with Crippen LogP contribution in [0, 0.1) is 11.8 Å². The van der Waals surface area contributed by atoms with Gasteiger partial charge in [-0.25, -0.2) is 0 Å². The van der Waals surface area contributed by atoms with Crippen molar-refractivity contribution in [3.05, 3.63) is 29.8 Å². The van der Waals surface area contributed by atoms with Gasteiger partial charge in [0, 0.05) is 31.1 Å². The fourth-order valence-corrected chi connectivity index (χ4v) is 3.84. The van der Waals surface area contributed by atoms with E-state index in [1.54, 1.807) is 31.4 Å². The molecule has 2 fully saturated rings. The van der Waals surface area contributed by atoms with Crippen LogP contribution in [0.2, 0.25) is 0 Å². The van der Waals surface area contributed by atoms with E-state index >= 15 is 0 Å². The number of carbonyl (C=O) groups excluding carboxylic acids is 3. The molecule has 1 aliphatic carbocycles. The van der Waals surface area contributed by atoms with Gasteiger partial charge in [-0.2, -0.15) is 0 Å². The molecule has 1 aromatic carbocycles. The van der Waals surface area contributed by atoms with Crippen LogP contribution < -0.4 is 15.4 Å². The molecule has 0 spiro atoms. The van der Waals surface area contributed by atoms with E-state index in [0.717, 1.165) is 12.8 Å². The third kappa shape index (κ3) is 5.97. The van der Waals surface area contributed by atoms with Crippen molar-refractivity contribution in [2.24, 2.45) is 11.8 Å². The van der Waals surface area contributed by atoms with Crippen molar-refractivity contribution in [3.63, 3.8) is 0 Å². The monoisotopic (exact) mass is 415 g/mol. The first-order chi connectivity index (χ1) is 14.4. The van der Waals surface area contributed by atoms with Gasteiger partial charge in [-0.05, 0) is 61.8 Å². The molecule has 3 rings (SSSR count). The SMILES string of the molecule is COc1ccc(C(=O)NC(C(=O)NC2CC2)C2CCN(C(=O)CC(C)C)CC2)cc1. The number of nitrogens with one attached hydrogen (secondary N) is 2. The Morgan fingerprint density at radius 2 is 1.70 bits per heavy atom. The molecule has 2 N–H and O–H groups in total. The molecular formula is C23H33N3O4. The fourth-order valence-electron chi connectivity index (χ4n) is 3.84. The van der Waals surface area contributed by atoms with E-state index in [0.29, 0.717) is 49.6 Å². The van der Waals surface area contributed by atoms with Gasteiger partial charge in [0.15, 0.2) is 0 Å². The number of methoxy groups -OCH3 is 1. The lowest BCUT2D eigenvalue weighted by molar-refractivity contribution is -0.133. The van der Waals surface area contributed by atoms with Gasteiger partial charge in [-0.15, -0.1) is 0 Å². The van der Waals surface area contributed by atoms with Crippen molar-refractivity contribution in [1.82, 2.24) is 15.5 Å². The molecule has 7 nitrogen and oxygen atoms in total. The van der Waals surface area contributed by atoms with Crippen LogP contribution in [0.1, 0.15) is 56.3 Å². The van der Waals surface area contributed by atoms with Crippen molar-refractivity contribution in [2.75, 3.05) is 20.2 Å². The highest BCUT2D eigenvalue weighted by molar-refractivity contribution is 5.97. The lowest BCUT2D eigenvalue weighted by Gasteiger charge is -2.36. The summed E-state index contributed by atoms with van der Waals surface area (Å²) < 4.78 is 5.14. The van der Waals surface area contributed by atoms with Crippen LogP contribution >= 0.6 is 0 Å². The van der Waals surface area contributed by atoms with Crippen LogP contribution in [-0.2, 0) is 9.59 Å². The highest BCUT2D eigenvalue weighted by Crippen LogP contribution is 2.25. The fraction of sp³-hybridized carbons (Fsp3) is 0.609. The average Bonchev–Trinajstić information content (AvgIpc) is 3.55. The van der Waals surface area contributed by atoms with E-state index in [1.165, 1.54) is 0 Å². The number of likely N-dealkylation sites (tertiary alicyclic amines) is 1. The molecule has 1 aliphatic heterocycles. The van der Waals surface area contributed by atoms with Crippen molar-refractivity contribution in [1.29, 1.82) is 0 Å². The Balaban J connectivity index is 1.64. The zero-order valence-electron chi connectivity index (χ0n) is 18.1. The van der Waals surface area contributed by atoms with E-state index in [9.17, 15) is 14.4 Å². The number of amides is 3. The predicted molar refractivity (Wildman–Crippen MR) is 114 cm³/mol. The molecule has 3 amide bonds. The number of benzene rings is 1. The molecule has 1 atom stereocenters. The largest absolute Gasteiger partial charge is 0.497 e. The number of rotatable bonds is 8. The first-order valence-corrected chi connectivity index (χ1v) is 10.9. The van der Waals surface area contributed by atoms with Crippen molar-refractivity contribution in [3.8, 4) is 5.75 Å². The first-order valence-electron chi connectivity index (χ1n) is 10.9. The summed E-state index contributed by atoms with van der Waals surface area (Å²) >= 11 is 0. The highest BCUT2D eigenvalue weighted by Gasteiger charge is 2.36. The number of hydrogen-bond acceptors (Lipinski definition) is 4. The number of piperidine rings is 1. The lowest BCUT2D eigenvalue weighted by Crippen LogP contribution is -2.54. The number of nitrogens with zero attached hydrogens (tertiary/aromatic N) is 1. The maximum Gasteiger partial charge on any atom is 0.251 e. The molecule has 30 heavy (non-hydrogen) atoms. The Morgan fingerprint density at radius 1 is 1.07 bits per heavy atom. The third-order valence-electron chi connectivity index (χ3n) is 5.79. The van der Waals surface area contributed by atoms with Gasteiger partial charge in [0.2, 0.25) is 11.8 Å². The standard InChI is InChI=1S/C23H33N3O4/c1-15(2)14-20(27)26-12-10-16(11-13-26)21(23(29)24-18-6-7-18)25-22(28)17-4-8-19(30-3)9-5-17/h4-5,8-9,15-16,18,21H,6-7,10-14H2,1-3H3,(H,24,29)(H,25,28). The van der Waals surface area contributed by atoms with Gasteiger partial charge in [-0.3, -0.25) is 14.4 Å². The van der Waals surface area contributed by atoms with Crippen LogP contribution in [0.4, 0.5) is 0 Å². The summed E-state index contributed by atoms with van der Waals surface area (Å²) in [6, 6.07) is 6.47. The molecular weight excluding hydrogens is 382 g/mol. The molecule has 7 heteroatoms. The van der Waals surface area contributed by atoms with Crippen LogP contribution in [0.25, 0.3) is 0 Å². The van der Waals surface area contributed by atoms with Crippen molar-refractivity contribution in [2.45, 2.75) is 58.0 Å². The second-order valence-electron chi connectivity index (χ2n) is 8.78. The summed E-state index contributed by atoms with van der Waals surface area (Å²) in [7, 11) is 1.57. The van der Waals surface area contributed by atoms with Crippen LogP contribution in [0.3, 0.4) is 0 Å². The zero-order valence-corrected chi connectivity index (χ0v) is 18.1. The average molecular weight is 416 g/mol. The van der Waals surface area contributed by atoms with E-state index in [1.807, 2.05) is 18.7 Å². The van der Waals surface area contributed by atoms with E-state index in [4.69, 9.17) is 4.74 Å². The Morgan fingerprint density at radius 3 is 2.23 bits per heavy atom. The normalized spacial score (nSPS) is 18.1. The number of hydrogen-bond donors (Lipinski definition) is 2. The Hall–Kier alpha value is -2.57. The summed E-state index contributed by atoms with van der Waals surface area (Å²) in [5.41, 5.74) is 0.490. The molecule has 164 valence electrons. The Bertz CT molecular complexity index is 750.